The average molecular weight is 315 g/mol. The van der Waals surface area contributed by atoms with Crippen LogP contribution < -0.4 is 5.32 Å². The Morgan fingerprint density at radius 3 is 2.50 bits per heavy atom. The Labute approximate surface area is 127 Å². The first-order valence-corrected chi connectivity index (χ1v) is 7.21. The molecule has 122 valence electrons. The Morgan fingerprint density at radius 1 is 1.23 bits per heavy atom. The van der Waals surface area contributed by atoms with Crippen molar-refractivity contribution in [3.63, 3.8) is 0 Å². The zero-order chi connectivity index (χ0) is 16.6. The van der Waals surface area contributed by atoms with Crippen LogP contribution in [0.2, 0.25) is 0 Å². The van der Waals surface area contributed by atoms with E-state index in [0.29, 0.717) is 6.54 Å². The molecular weight excluding hydrogens is 295 g/mol. The zero-order valence-corrected chi connectivity index (χ0v) is 12.4. The summed E-state index contributed by atoms with van der Waals surface area (Å²) in [4.78, 5) is 11.3. The van der Waals surface area contributed by atoms with E-state index < -0.39 is 17.7 Å². The highest BCUT2D eigenvalue weighted by Crippen LogP contribution is 2.34. The lowest BCUT2D eigenvalue weighted by molar-refractivity contribution is -0.137. The second-order valence-corrected chi connectivity index (χ2v) is 4.92. The largest absolute Gasteiger partial charge is 0.478 e. The van der Waals surface area contributed by atoms with Gasteiger partial charge in [0.05, 0.1) is 11.1 Å². The van der Waals surface area contributed by atoms with Crippen LogP contribution >= 0.6 is 0 Å². The average Bonchev–Trinajstić information content (AvgIpc) is 2.45. The van der Waals surface area contributed by atoms with Gasteiger partial charge in [-0.1, -0.05) is 44.4 Å². The fraction of sp³-hybridized carbons (Fsp3) is 0.438. The molecule has 0 saturated heterocycles. The van der Waals surface area contributed by atoms with Gasteiger partial charge in [-0.25, -0.2) is 4.79 Å². The number of unbranched alkanes of at least 4 members (excludes halogenated alkanes) is 3. The molecule has 0 atom stereocenters. The summed E-state index contributed by atoms with van der Waals surface area (Å²) in [5.41, 5.74) is -1.66. The number of carboxylic acid groups (broad SMARTS) is 1. The molecule has 2 N–H and O–H groups in total. The number of aliphatic carboxylic acids is 1. The third kappa shape index (κ3) is 5.42. The molecule has 0 bridgehead atoms. The fourth-order valence-corrected chi connectivity index (χ4v) is 2.05. The van der Waals surface area contributed by atoms with Gasteiger partial charge in [0.1, 0.15) is 0 Å². The highest BCUT2D eigenvalue weighted by Gasteiger charge is 2.34. The van der Waals surface area contributed by atoms with E-state index in [4.69, 9.17) is 0 Å². The van der Waals surface area contributed by atoms with Gasteiger partial charge >= 0.3 is 12.1 Å². The van der Waals surface area contributed by atoms with Crippen molar-refractivity contribution in [3.05, 3.63) is 41.6 Å². The van der Waals surface area contributed by atoms with E-state index in [1.807, 2.05) is 0 Å². The van der Waals surface area contributed by atoms with Crippen LogP contribution in [0.25, 0.3) is 5.57 Å². The summed E-state index contributed by atoms with van der Waals surface area (Å²) in [6.07, 6.45) is 0.561. The normalized spacial score (nSPS) is 12.3. The molecule has 0 aliphatic carbocycles. The molecule has 0 amide bonds. The summed E-state index contributed by atoms with van der Waals surface area (Å²) >= 11 is 0. The Kier molecular flexibility index (Phi) is 6.95. The molecule has 0 aromatic heterocycles. The third-order valence-electron chi connectivity index (χ3n) is 3.17. The van der Waals surface area contributed by atoms with Crippen molar-refractivity contribution in [2.24, 2.45) is 0 Å². The first-order chi connectivity index (χ1) is 10.4. The predicted octanol–water partition coefficient (Wildman–Crippen LogP) is 4.30. The van der Waals surface area contributed by atoms with Gasteiger partial charge in [0.15, 0.2) is 0 Å². The SMILES string of the molecule is CCCCCCN/C=C(/C(=O)O)c1ccccc1C(F)(F)F. The molecule has 0 saturated carbocycles. The quantitative estimate of drug-likeness (QED) is 0.555. The van der Waals surface area contributed by atoms with Crippen molar-refractivity contribution in [2.75, 3.05) is 6.54 Å². The minimum Gasteiger partial charge on any atom is -0.478 e. The summed E-state index contributed by atoms with van der Waals surface area (Å²) in [5.74, 6) is -1.39. The van der Waals surface area contributed by atoms with E-state index >= 15 is 0 Å². The van der Waals surface area contributed by atoms with Crippen molar-refractivity contribution in [3.8, 4) is 0 Å². The van der Waals surface area contributed by atoms with E-state index in [-0.39, 0.29) is 11.1 Å². The Morgan fingerprint density at radius 2 is 1.91 bits per heavy atom. The lowest BCUT2D eigenvalue weighted by atomic mass is 10.00. The number of carboxylic acids is 1. The van der Waals surface area contributed by atoms with Gasteiger partial charge in [0, 0.05) is 18.3 Å². The number of alkyl halides is 3. The van der Waals surface area contributed by atoms with E-state index in [1.165, 1.54) is 18.2 Å². The standard InChI is InChI=1S/C16H20F3NO2/c1-2-3-4-7-10-20-11-13(15(21)22)12-8-5-6-9-14(12)16(17,18)19/h5-6,8-9,11,20H,2-4,7,10H2,1H3,(H,21,22)/b13-11+. The molecule has 0 heterocycles. The minimum atomic E-state index is -4.59. The second-order valence-electron chi connectivity index (χ2n) is 4.92. The van der Waals surface area contributed by atoms with Crippen molar-refractivity contribution >= 4 is 11.5 Å². The maximum absolute atomic E-state index is 13.0. The van der Waals surface area contributed by atoms with E-state index in [1.54, 1.807) is 0 Å². The van der Waals surface area contributed by atoms with Gasteiger partial charge in [-0.05, 0) is 12.5 Å². The van der Waals surface area contributed by atoms with Gasteiger partial charge < -0.3 is 10.4 Å². The summed E-state index contributed by atoms with van der Waals surface area (Å²) in [6.45, 7) is 2.61. The fourth-order valence-electron chi connectivity index (χ4n) is 2.05. The molecule has 0 unspecified atom stereocenters. The maximum atomic E-state index is 13.0. The molecule has 1 rings (SSSR count). The van der Waals surface area contributed by atoms with Crippen LogP contribution in [-0.4, -0.2) is 17.6 Å². The molecular formula is C16H20F3NO2. The van der Waals surface area contributed by atoms with Gasteiger partial charge in [0.2, 0.25) is 0 Å². The monoisotopic (exact) mass is 315 g/mol. The number of benzene rings is 1. The number of hydrogen-bond donors (Lipinski definition) is 2. The minimum absolute atomic E-state index is 0.330. The Balaban J connectivity index is 2.90. The van der Waals surface area contributed by atoms with Crippen molar-refractivity contribution in [1.82, 2.24) is 5.32 Å². The number of carbonyl (C=O) groups is 1. The summed E-state index contributed by atoms with van der Waals surface area (Å²) in [5, 5.41) is 12.0. The van der Waals surface area contributed by atoms with Crippen LogP contribution in [0.1, 0.15) is 43.7 Å². The smallest absolute Gasteiger partial charge is 0.417 e. The molecule has 1 aromatic rings. The van der Waals surface area contributed by atoms with Crippen molar-refractivity contribution in [1.29, 1.82) is 0 Å². The van der Waals surface area contributed by atoms with Crippen LogP contribution in [0.15, 0.2) is 30.5 Å². The number of rotatable bonds is 8. The zero-order valence-electron chi connectivity index (χ0n) is 12.4. The van der Waals surface area contributed by atoms with E-state index in [9.17, 15) is 23.1 Å². The van der Waals surface area contributed by atoms with Crippen LogP contribution in [0.5, 0.6) is 0 Å². The first-order valence-electron chi connectivity index (χ1n) is 7.21. The summed E-state index contributed by atoms with van der Waals surface area (Å²) in [6, 6.07) is 4.68. The van der Waals surface area contributed by atoms with Crippen LogP contribution in [0, 0.1) is 0 Å². The Hall–Kier alpha value is -1.98. The lowest BCUT2D eigenvalue weighted by Crippen LogP contribution is -2.15. The highest BCUT2D eigenvalue weighted by molar-refractivity contribution is 6.15. The van der Waals surface area contributed by atoms with Crippen molar-refractivity contribution in [2.45, 2.75) is 38.8 Å². The van der Waals surface area contributed by atoms with Gasteiger partial charge in [0.25, 0.3) is 0 Å². The molecule has 0 aliphatic heterocycles. The molecule has 0 radical (unpaired) electrons. The van der Waals surface area contributed by atoms with E-state index in [0.717, 1.165) is 37.9 Å². The summed E-state index contributed by atoms with van der Waals surface area (Å²) < 4.78 is 38.9. The van der Waals surface area contributed by atoms with Crippen molar-refractivity contribution < 1.29 is 23.1 Å². The molecule has 22 heavy (non-hydrogen) atoms. The lowest BCUT2D eigenvalue weighted by Gasteiger charge is -2.13. The molecule has 0 spiro atoms. The highest BCUT2D eigenvalue weighted by atomic mass is 19.4. The molecule has 1 aromatic carbocycles. The molecule has 0 fully saturated rings. The molecule has 6 heteroatoms. The van der Waals surface area contributed by atoms with E-state index in [2.05, 4.69) is 12.2 Å². The summed E-state index contributed by atoms with van der Waals surface area (Å²) in [7, 11) is 0. The number of hydrogen-bond acceptors (Lipinski definition) is 2. The number of halogens is 3. The Bertz CT molecular complexity index is 524. The molecule has 0 aliphatic rings. The molecule has 3 nitrogen and oxygen atoms in total. The maximum Gasteiger partial charge on any atom is 0.417 e. The second kappa shape index (κ2) is 8.46. The van der Waals surface area contributed by atoms with Gasteiger partial charge in [-0.2, -0.15) is 13.2 Å². The topological polar surface area (TPSA) is 49.3 Å². The predicted molar refractivity (Wildman–Crippen MR) is 79.2 cm³/mol. The van der Waals surface area contributed by atoms with Crippen LogP contribution in [0.3, 0.4) is 0 Å². The van der Waals surface area contributed by atoms with Gasteiger partial charge in [-0.15, -0.1) is 0 Å². The first kappa shape index (κ1) is 18.1. The third-order valence-corrected chi connectivity index (χ3v) is 3.17. The van der Waals surface area contributed by atoms with Crippen LogP contribution in [0.4, 0.5) is 13.2 Å². The number of nitrogens with one attached hydrogen (secondary N) is 1. The van der Waals surface area contributed by atoms with Gasteiger partial charge in [-0.3, -0.25) is 0 Å². The van der Waals surface area contributed by atoms with Crippen LogP contribution in [-0.2, 0) is 11.0 Å².